The first kappa shape index (κ1) is 23.5. The van der Waals surface area contributed by atoms with Crippen molar-refractivity contribution < 1.29 is 51.0 Å². The first-order valence-electron chi connectivity index (χ1n) is 5.40. The van der Waals surface area contributed by atoms with Gasteiger partial charge in [-0.05, 0) is 13.8 Å². The molecule has 2 aliphatic rings. The summed E-state index contributed by atoms with van der Waals surface area (Å²) in [6.07, 6.45) is 19.7. The van der Waals surface area contributed by atoms with Gasteiger partial charge in [0.25, 0.3) is 0 Å². The molecule has 0 aromatic heterocycles. The fourth-order valence-corrected chi connectivity index (χ4v) is 2.59. The van der Waals surface area contributed by atoms with Crippen LogP contribution in [0.5, 0.6) is 0 Å². The fourth-order valence-electron chi connectivity index (χ4n) is 1.27. The minimum absolute atomic E-state index is 0. The monoisotopic (exact) mass is 374 g/mol. The molecule has 1 atom stereocenters. The third-order valence-corrected chi connectivity index (χ3v) is 4.18. The Balaban J connectivity index is -0.000000245. The normalized spacial score (nSPS) is 17.6. The van der Waals surface area contributed by atoms with Gasteiger partial charge in [0.05, 0.1) is 0 Å². The Morgan fingerprint density at radius 3 is 2.28 bits per heavy atom. The van der Waals surface area contributed by atoms with Crippen LogP contribution in [0.1, 0.15) is 20.3 Å². The van der Waals surface area contributed by atoms with Crippen molar-refractivity contribution in [3.8, 4) is 0 Å². The molecule has 0 aromatic rings. The van der Waals surface area contributed by atoms with Crippen LogP contribution in [0, 0.1) is 12.2 Å². The van der Waals surface area contributed by atoms with Crippen LogP contribution in [0.4, 0.5) is 0 Å². The Morgan fingerprint density at radius 1 is 1.22 bits per heavy atom. The molecule has 4 heteroatoms. The second kappa shape index (κ2) is 15.4. The van der Waals surface area contributed by atoms with Crippen LogP contribution in [0.2, 0.25) is 5.54 Å². The second-order valence-corrected chi connectivity index (χ2v) is 5.60. The van der Waals surface area contributed by atoms with Crippen molar-refractivity contribution in [3.63, 3.8) is 0 Å². The molecule has 0 aliphatic heterocycles. The van der Waals surface area contributed by atoms with E-state index in [2.05, 4.69) is 49.9 Å². The molecule has 0 saturated carbocycles. The van der Waals surface area contributed by atoms with E-state index in [1.54, 1.807) is 0 Å². The summed E-state index contributed by atoms with van der Waals surface area (Å²) in [6, 6.07) is 0. The van der Waals surface area contributed by atoms with Crippen LogP contribution in [-0.4, -0.2) is 9.52 Å². The number of allylic oxidation sites excluding steroid dienone is 9. The van der Waals surface area contributed by atoms with Gasteiger partial charge in [0, 0.05) is 9.52 Å². The van der Waals surface area contributed by atoms with Gasteiger partial charge < -0.3 is 24.8 Å². The molecule has 0 saturated heterocycles. The van der Waals surface area contributed by atoms with E-state index in [1.807, 2.05) is 18.2 Å². The van der Waals surface area contributed by atoms with Gasteiger partial charge in [-0.1, -0.05) is 5.57 Å². The van der Waals surface area contributed by atoms with Gasteiger partial charge in [0.2, 0.25) is 0 Å². The maximum Gasteiger partial charge on any atom is 4.00 e. The van der Waals surface area contributed by atoms with Gasteiger partial charge in [-0.3, -0.25) is 12.2 Å². The summed E-state index contributed by atoms with van der Waals surface area (Å²) < 4.78 is 0. The number of hydrogen-bond acceptors (Lipinski definition) is 0. The minimum Gasteiger partial charge on any atom is -1.00 e. The molecule has 0 nitrogen and oxygen atoms in total. The Kier molecular flexibility index (Phi) is 20.1. The fraction of sp³-hybridized carbons (Fsp3) is 0.286. The standard InChI is InChI=1S/C9H13Si.C5H5.2ClH.Zr/c1-8(2)7-10-9-5-3-4-6-9;1-2-4-5-3-1;;;/h3-5,7,9H,10H2,1-2H3;1-3H,4H2;2*1H;/q2*-1;;;+4/p-2. The molecule has 0 N–H and O–H groups in total. The molecular formula is C14H18Cl2SiZr. The van der Waals surface area contributed by atoms with Gasteiger partial charge in [-0.2, -0.15) is 12.2 Å². The summed E-state index contributed by atoms with van der Waals surface area (Å²) in [7, 11) is -0.0509. The van der Waals surface area contributed by atoms with Crippen molar-refractivity contribution in [1.82, 2.24) is 0 Å². The molecule has 0 amide bonds. The molecule has 2 rings (SSSR count). The van der Waals surface area contributed by atoms with Gasteiger partial charge in [0.15, 0.2) is 0 Å². The number of halogens is 2. The van der Waals surface area contributed by atoms with E-state index in [4.69, 9.17) is 0 Å². The van der Waals surface area contributed by atoms with E-state index in [1.165, 1.54) is 5.57 Å². The smallest absolute Gasteiger partial charge is 1.00 e. The zero-order valence-electron chi connectivity index (χ0n) is 10.8. The molecule has 2 aliphatic carbocycles. The van der Waals surface area contributed by atoms with Crippen LogP contribution in [0.3, 0.4) is 0 Å². The van der Waals surface area contributed by atoms with E-state index in [-0.39, 0.29) is 60.5 Å². The Hall–Kier alpha value is 0.380. The van der Waals surface area contributed by atoms with Crippen LogP contribution >= 0.6 is 0 Å². The van der Waals surface area contributed by atoms with Crippen molar-refractivity contribution >= 4 is 9.52 Å². The Morgan fingerprint density at radius 2 is 1.94 bits per heavy atom. The third kappa shape index (κ3) is 12.8. The van der Waals surface area contributed by atoms with Crippen LogP contribution in [0.15, 0.2) is 47.7 Å². The molecule has 0 heterocycles. The average molecular weight is 377 g/mol. The van der Waals surface area contributed by atoms with Gasteiger partial charge in [-0.15, -0.1) is 17.7 Å². The summed E-state index contributed by atoms with van der Waals surface area (Å²) >= 11 is 0. The van der Waals surface area contributed by atoms with Gasteiger partial charge >= 0.3 is 26.2 Å². The van der Waals surface area contributed by atoms with Crippen LogP contribution in [0.25, 0.3) is 0 Å². The number of rotatable bonds is 2. The van der Waals surface area contributed by atoms with Crippen LogP contribution in [-0.2, 0) is 26.2 Å². The molecule has 96 valence electrons. The van der Waals surface area contributed by atoms with E-state index >= 15 is 0 Å². The van der Waals surface area contributed by atoms with E-state index in [0.29, 0.717) is 5.54 Å². The van der Waals surface area contributed by atoms with E-state index in [9.17, 15) is 0 Å². The average Bonchev–Trinajstić information content (AvgIpc) is 2.91. The summed E-state index contributed by atoms with van der Waals surface area (Å²) in [5.74, 6) is 0. The van der Waals surface area contributed by atoms with Crippen molar-refractivity contribution in [1.29, 1.82) is 0 Å². The van der Waals surface area contributed by atoms with Crippen LogP contribution < -0.4 is 24.8 Å². The SMILES string of the molecule is CC(C)=C[SiH2]C1[C-]=CC=C1.[C-]1=CC=CC1.[Cl-].[Cl-].[Zr+4]. The maximum atomic E-state index is 3.29. The molecule has 0 radical (unpaired) electrons. The molecule has 0 spiro atoms. The molecule has 0 aromatic carbocycles. The van der Waals surface area contributed by atoms with Crippen molar-refractivity contribution in [2.24, 2.45) is 0 Å². The summed E-state index contributed by atoms with van der Waals surface area (Å²) in [6.45, 7) is 4.32. The summed E-state index contributed by atoms with van der Waals surface area (Å²) in [5, 5.41) is 0. The van der Waals surface area contributed by atoms with E-state index in [0.717, 1.165) is 6.42 Å². The number of hydrogen-bond donors (Lipinski definition) is 0. The van der Waals surface area contributed by atoms with Crippen molar-refractivity contribution in [2.75, 3.05) is 0 Å². The predicted molar refractivity (Wildman–Crippen MR) is 70.2 cm³/mol. The molecular weight excluding hydrogens is 358 g/mol. The van der Waals surface area contributed by atoms with Gasteiger partial charge in [-0.25, -0.2) is 24.3 Å². The Labute approximate surface area is 145 Å². The van der Waals surface area contributed by atoms with Gasteiger partial charge in [0.1, 0.15) is 0 Å². The second-order valence-electron chi connectivity index (χ2n) is 3.84. The van der Waals surface area contributed by atoms with Crippen molar-refractivity contribution in [3.05, 3.63) is 59.9 Å². The Bertz CT molecular complexity index is 305. The summed E-state index contributed by atoms with van der Waals surface area (Å²) in [5.41, 5.74) is 4.52. The topological polar surface area (TPSA) is 0 Å². The predicted octanol–water partition coefficient (Wildman–Crippen LogP) is -2.89. The maximum absolute atomic E-state index is 3.29. The first-order valence-corrected chi connectivity index (χ1v) is 7.03. The summed E-state index contributed by atoms with van der Waals surface area (Å²) in [4.78, 5) is 0. The quantitative estimate of drug-likeness (QED) is 0.359. The van der Waals surface area contributed by atoms with Crippen molar-refractivity contribution in [2.45, 2.75) is 25.8 Å². The zero-order valence-corrected chi connectivity index (χ0v) is 16.2. The third-order valence-electron chi connectivity index (χ3n) is 2.12. The first-order chi connectivity index (χ1) is 7.29. The molecule has 0 bridgehead atoms. The zero-order chi connectivity index (χ0) is 10.9. The molecule has 18 heavy (non-hydrogen) atoms. The molecule has 0 fully saturated rings. The van der Waals surface area contributed by atoms with E-state index < -0.39 is 0 Å². The minimum atomic E-state index is -0.0509. The largest absolute Gasteiger partial charge is 4.00 e. The molecule has 1 unspecified atom stereocenters.